The van der Waals surface area contributed by atoms with Gasteiger partial charge in [-0.2, -0.15) is 0 Å². The number of hydrogen-bond donors (Lipinski definition) is 4. The number of nitrogens with zero attached hydrogens (tertiary/aromatic N) is 2. The third-order valence-electron chi connectivity index (χ3n) is 11.3. The summed E-state index contributed by atoms with van der Waals surface area (Å²) < 4.78 is 4.74. The molecule has 0 aromatic carbocycles. The average Bonchev–Trinajstić information content (AvgIpc) is 3.61. The van der Waals surface area contributed by atoms with Crippen molar-refractivity contribution in [1.82, 2.24) is 16.2 Å². The van der Waals surface area contributed by atoms with Gasteiger partial charge in [0.25, 0.3) is 0 Å². The van der Waals surface area contributed by atoms with Gasteiger partial charge in [0.05, 0.1) is 0 Å². The molecule has 0 radical (unpaired) electrons. The van der Waals surface area contributed by atoms with Crippen molar-refractivity contribution in [2.24, 2.45) is 0 Å². The maximum atomic E-state index is 11.9. The molecule has 6 rings (SSSR count). The van der Waals surface area contributed by atoms with Gasteiger partial charge in [0.15, 0.2) is 0 Å². The van der Waals surface area contributed by atoms with E-state index >= 15 is 0 Å². The molecule has 4 unspecified atom stereocenters. The minimum absolute atomic E-state index is 0.0218. The molecule has 4 atom stereocenters. The number of carboxylic acids is 2. The number of carbonyl (C=O) groups is 2. The molecule has 6 bridgehead atoms. The summed E-state index contributed by atoms with van der Waals surface area (Å²) in [6, 6.07) is 0.325. The minimum atomic E-state index is -4.58. The maximum absolute atomic E-state index is 11.9. The van der Waals surface area contributed by atoms with Crippen LogP contribution in [0.1, 0.15) is 98.4 Å². The molecule has 4 N–H and O–H groups in total. The third kappa shape index (κ3) is 5.44. The molecule has 4 aliphatic rings. The molecule has 0 saturated carbocycles. The van der Waals surface area contributed by atoms with Crippen molar-refractivity contribution in [3.63, 3.8) is 0 Å². The van der Waals surface area contributed by atoms with Crippen LogP contribution in [0.25, 0.3) is 0 Å². The zero-order chi connectivity index (χ0) is 32.5. The summed E-state index contributed by atoms with van der Waals surface area (Å²) in [6.07, 6.45) is 5.72. The predicted molar refractivity (Wildman–Crippen MR) is 181 cm³/mol. The molecule has 0 spiro atoms. The third-order valence-corrected chi connectivity index (χ3v) is 22.0. The number of aliphatic carboxylic acids is 2. The Morgan fingerprint density at radius 3 is 1.69 bits per heavy atom. The zero-order valence-electron chi connectivity index (χ0n) is 27.2. The van der Waals surface area contributed by atoms with Crippen LogP contribution in [0.15, 0.2) is 22.3 Å². The first-order valence-corrected chi connectivity index (χ1v) is 26.2. The summed E-state index contributed by atoms with van der Waals surface area (Å²) in [4.78, 5) is 23.6. The summed E-state index contributed by atoms with van der Waals surface area (Å²) in [5.74, 6) is -1.64. The van der Waals surface area contributed by atoms with Crippen LogP contribution in [-0.2, 0) is 48.1 Å². The van der Waals surface area contributed by atoms with Gasteiger partial charge in [0.2, 0.25) is 0 Å². The van der Waals surface area contributed by atoms with E-state index in [0.29, 0.717) is 19.3 Å². The van der Waals surface area contributed by atoms with Crippen molar-refractivity contribution >= 4 is 46.5 Å². The van der Waals surface area contributed by atoms with Gasteiger partial charge in [-0.1, -0.05) is 0 Å². The van der Waals surface area contributed by atoms with Crippen molar-refractivity contribution in [2.75, 3.05) is 0 Å². The Balaban J connectivity index is 1.70. The Labute approximate surface area is 278 Å². The number of rotatable bonds is 8. The van der Waals surface area contributed by atoms with E-state index in [1.807, 2.05) is 0 Å². The number of aromatic nitrogens is 2. The number of halogens is 2. The van der Waals surface area contributed by atoms with Gasteiger partial charge in [-0.05, 0) is 0 Å². The van der Waals surface area contributed by atoms with E-state index in [0.717, 1.165) is 60.2 Å². The first-order valence-electron chi connectivity index (χ1n) is 16.5. The van der Waals surface area contributed by atoms with Gasteiger partial charge >= 0.3 is 280 Å². The van der Waals surface area contributed by atoms with E-state index in [1.165, 1.54) is 39.2 Å². The summed E-state index contributed by atoms with van der Waals surface area (Å²) in [5.41, 5.74) is 14.5. The van der Waals surface area contributed by atoms with E-state index < -0.39 is 28.6 Å². The molecule has 0 fully saturated rings. The van der Waals surface area contributed by atoms with Gasteiger partial charge < -0.3 is 0 Å². The summed E-state index contributed by atoms with van der Waals surface area (Å²) >= 11 is -4.58. The molecule has 244 valence electrons. The van der Waals surface area contributed by atoms with E-state index in [9.17, 15) is 19.8 Å². The molecule has 2 aromatic rings. The summed E-state index contributed by atoms with van der Waals surface area (Å²) in [5, 5.41) is 27.3. The van der Waals surface area contributed by atoms with Crippen LogP contribution in [0.3, 0.4) is 0 Å². The fraction of sp³-hybridized carbons (Fsp3) is 0.588. The SMILES string of the molecule is CCC1=C(C)C2Cc3c(CC)c(C)c4[n]3[Sn]([Cl])([Cl])[n]3c(c(C)c(CCC(=O)O)c3CC3NC(C4)C(C)=C3CCC(=O)O)CC1N2. The Bertz CT molecular complexity index is 1650. The second-order valence-electron chi connectivity index (χ2n) is 13.4. The molecular weight excluding hydrogens is 718 g/mol. The number of carboxylic acid groups (broad SMARTS) is 2. The standard InChI is InChI=1S/C34H46N4O4.2ClH.Sn/c1-7-21-17(3)25-13-26-19(5)23(9-11-33(39)40)31(37-26)16-32-24(10-12-34(41)42)20(6)28(38-32)15-30-22(8-2)18(4)27(36-30)14-29(21)35-25;;;/h26-27,30-31,36-37H,7-16H2,1-6H3,(H,39,40)(H,41,42);2*1H;/q-2;;;+4/p-2. The molecule has 45 heavy (non-hydrogen) atoms. The summed E-state index contributed by atoms with van der Waals surface area (Å²) in [6.45, 7) is 13.2. The molecule has 8 nitrogen and oxygen atoms in total. The van der Waals surface area contributed by atoms with E-state index in [1.54, 1.807) is 0 Å². The molecule has 4 aliphatic heterocycles. The normalized spacial score (nSPS) is 25.2. The van der Waals surface area contributed by atoms with E-state index in [4.69, 9.17) is 17.8 Å². The molecule has 6 heterocycles. The predicted octanol–water partition coefficient (Wildman–Crippen LogP) is 5.58. The number of hydrogen-bond acceptors (Lipinski definition) is 4. The van der Waals surface area contributed by atoms with E-state index in [2.05, 4.69) is 57.8 Å². The number of nitrogens with one attached hydrogen (secondary N) is 2. The Morgan fingerprint density at radius 2 is 1.13 bits per heavy atom. The molecule has 2 aromatic heterocycles. The molecule has 11 heteroatoms. The average molecular weight is 764 g/mol. The second kappa shape index (κ2) is 12.4. The second-order valence-corrected chi connectivity index (χ2v) is 27.3. The van der Waals surface area contributed by atoms with Crippen LogP contribution in [0.2, 0.25) is 0 Å². The quantitative estimate of drug-likeness (QED) is 0.207. The van der Waals surface area contributed by atoms with Gasteiger partial charge in [-0.25, -0.2) is 0 Å². The fourth-order valence-electron chi connectivity index (χ4n) is 9.05. The van der Waals surface area contributed by atoms with Crippen LogP contribution < -0.4 is 10.6 Å². The van der Waals surface area contributed by atoms with Gasteiger partial charge in [-0.3, -0.25) is 0 Å². The van der Waals surface area contributed by atoms with Crippen molar-refractivity contribution < 1.29 is 19.8 Å². The molecule has 0 aliphatic carbocycles. The van der Waals surface area contributed by atoms with Crippen molar-refractivity contribution in [1.29, 1.82) is 0 Å². The monoisotopic (exact) mass is 764 g/mol. The van der Waals surface area contributed by atoms with Crippen LogP contribution in [0.5, 0.6) is 0 Å². The van der Waals surface area contributed by atoms with E-state index in [-0.39, 0.29) is 37.0 Å². The Hall–Kier alpha value is -1.72. The van der Waals surface area contributed by atoms with Crippen LogP contribution in [0, 0.1) is 13.8 Å². The van der Waals surface area contributed by atoms with Crippen molar-refractivity contribution in [2.45, 2.75) is 130 Å². The number of fused-ring (bicyclic) bond motifs is 4. The topological polar surface area (TPSA) is 109 Å². The van der Waals surface area contributed by atoms with Gasteiger partial charge in [-0.15, -0.1) is 0 Å². The Kier molecular flexibility index (Phi) is 9.13. The zero-order valence-corrected chi connectivity index (χ0v) is 31.6. The molecule has 0 amide bonds. The molecule has 0 saturated heterocycles. The first-order chi connectivity index (χ1) is 21.3. The summed E-state index contributed by atoms with van der Waals surface area (Å²) in [7, 11) is 16.1. The Morgan fingerprint density at radius 1 is 0.689 bits per heavy atom. The first kappa shape index (κ1) is 33.2. The van der Waals surface area contributed by atoms with Crippen molar-refractivity contribution in [3.8, 4) is 0 Å². The van der Waals surface area contributed by atoms with Gasteiger partial charge in [0, 0.05) is 0 Å². The van der Waals surface area contributed by atoms with Crippen molar-refractivity contribution in [3.05, 3.63) is 67.3 Å². The van der Waals surface area contributed by atoms with Crippen LogP contribution >= 0.6 is 17.8 Å². The van der Waals surface area contributed by atoms with Gasteiger partial charge in [0.1, 0.15) is 0 Å². The fourth-order valence-corrected chi connectivity index (χ4v) is 21.6. The van der Waals surface area contributed by atoms with Crippen LogP contribution in [-0.4, -0.2) is 68.6 Å². The molecular formula is C34H46Cl2N4O4Sn. The van der Waals surface area contributed by atoms with Crippen LogP contribution in [0.4, 0.5) is 0 Å².